The van der Waals surface area contributed by atoms with Gasteiger partial charge in [-0.3, -0.25) is 14.9 Å². The molecule has 1 aromatic rings. The summed E-state index contributed by atoms with van der Waals surface area (Å²) in [7, 11) is 0. The molecule has 0 fully saturated rings. The van der Waals surface area contributed by atoms with Crippen LogP contribution in [-0.4, -0.2) is 29.6 Å². The molecule has 0 saturated carbocycles. The lowest BCUT2D eigenvalue weighted by Crippen LogP contribution is -2.42. The van der Waals surface area contributed by atoms with Crippen molar-refractivity contribution in [1.29, 1.82) is 0 Å². The summed E-state index contributed by atoms with van der Waals surface area (Å²) >= 11 is 0. The van der Waals surface area contributed by atoms with Crippen LogP contribution in [0.25, 0.3) is 0 Å². The van der Waals surface area contributed by atoms with E-state index in [1.54, 1.807) is 12.1 Å². The van der Waals surface area contributed by atoms with E-state index in [1.807, 2.05) is 6.92 Å². The van der Waals surface area contributed by atoms with Gasteiger partial charge in [0.25, 0.3) is 0 Å². The predicted molar refractivity (Wildman–Crippen MR) is 72.6 cm³/mol. The van der Waals surface area contributed by atoms with Crippen LogP contribution in [0.2, 0.25) is 0 Å². The second-order valence-electron chi connectivity index (χ2n) is 4.46. The van der Waals surface area contributed by atoms with Crippen LogP contribution in [0.1, 0.15) is 25.3 Å². The van der Waals surface area contributed by atoms with Crippen LogP contribution in [0.3, 0.4) is 0 Å². The highest BCUT2D eigenvalue weighted by Crippen LogP contribution is 2.02. The van der Waals surface area contributed by atoms with Gasteiger partial charge in [-0.05, 0) is 24.1 Å². The molecule has 0 radical (unpaired) electrons. The van der Waals surface area contributed by atoms with Crippen LogP contribution < -0.4 is 10.6 Å². The van der Waals surface area contributed by atoms with Crippen molar-refractivity contribution < 1.29 is 19.1 Å². The predicted octanol–water partition coefficient (Wildman–Crippen LogP) is 1.28. The number of carbonyl (C=O) groups excluding carboxylic acids is 1. The standard InChI is InChI=1S/C14H19FN2O3/c1-2-3-12(14(19)20)16-9-13(18)17-8-10-4-6-11(15)7-5-10/h4-7,12,16H,2-3,8-9H2,1H3,(H,17,18)(H,19,20). The molecule has 1 atom stereocenters. The number of carboxylic acid groups (broad SMARTS) is 1. The van der Waals surface area contributed by atoms with E-state index in [0.717, 1.165) is 12.0 Å². The molecule has 20 heavy (non-hydrogen) atoms. The van der Waals surface area contributed by atoms with Gasteiger partial charge in [-0.2, -0.15) is 0 Å². The van der Waals surface area contributed by atoms with Crippen molar-refractivity contribution in [1.82, 2.24) is 10.6 Å². The van der Waals surface area contributed by atoms with Gasteiger partial charge in [-0.1, -0.05) is 25.5 Å². The third-order valence-corrected chi connectivity index (χ3v) is 2.79. The highest BCUT2D eigenvalue weighted by atomic mass is 19.1. The maximum atomic E-state index is 12.7. The molecular formula is C14H19FN2O3. The number of carboxylic acids is 1. The molecular weight excluding hydrogens is 263 g/mol. The molecule has 0 bridgehead atoms. The summed E-state index contributed by atoms with van der Waals surface area (Å²) in [6.45, 7) is 2.11. The highest BCUT2D eigenvalue weighted by molar-refractivity contribution is 5.79. The molecule has 3 N–H and O–H groups in total. The van der Waals surface area contributed by atoms with Crippen molar-refractivity contribution in [3.8, 4) is 0 Å². The van der Waals surface area contributed by atoms with Crippen LogP contribution in [0, 0.1) is 5.82 Å². The fraction of sp³-hybridized carbons (Fsp3) is 0.429. The summed E-state index contributed by atoms with van der Waals surface area (Å²) in [6.07, 6.45) is 1.20. The van der Waals surface area contributed by atoms with Gasteiger partial charge in [-0.25, -0.2) is 4.39 Å². The fourth-order valence-electron chi connectivity index (χ4n) is 1.68. The minimum atomic E-state index is -0.960. The first kappa shape index (κ1) is 16.1. The van der Waals surface area contributed by atoms with Gasteiger partial charge >= 0.3 is 5.97 Å². The Balaban J connectivity index is 2.32. The summed E-state index contributed by atoms with van der Waals surface area (Å²) in [5.41, 5.74) is 0.781. The Labute approximate surface area is 117 Å². The smallest absolute Gasteiger partial charge is 0.320 e. The van der Waals surface area contributed by atoms with Crippen LogP contribution in [-0.2, 0) is 16.1 Å². The second-order valence-corrected chi connectivity index (χ2v) is 4.46. The van der Waals surface area contributed by atoms with Crippen molar-refractivity contribution in [2.24, 2.45) is 0 Å². The molecule has 1 unspecified atom stereocenters. The number of aliphatic carboxylic acids is 1. The maximum Gasteiger partial charge on any atom is 0.320 e. The van der Waals surface area contributed by atoms with Crippen LogP contribution in [0.4, 0.5) is 4.39 Å². The summed E-state index contributed by atoms with van der Waals surface area (Å²) in [5, 5.41) is 14.3. The molecule has 0 spiro atoms. The lowest BCUT2D eigenvalue weighted by Gasteiger charge is -2.13. The van der Waals surface area contributed by atoms with E-state index in [-0.39, 0.29) is 24.8 Å². The van der Waals surface area contributed by atoms with Gasteiger partial charge in [0.2, 0.25) is 5.91 Å². The van der Waals surface area contributed by atoms with Crippen LogP contribution >= 0.6 is 0 Å². The number of benzene rings is 1. The first-order chi connectivity index (χ1) is 9.52. The normalized spacial score (nSPS) is 11.9. The Bertz CT molecular complexity index is 448. The van der Waals surface area contributed by atoms with Gasteiger partial charge in [0.1, 0.15) is 11.9 Å². The zero-order chi connectivity index (χ0) is 15.0. The number of rotatable bonds is 8. The van der Waals surface area contributed by atoms with E-state index in [1.165, 1.54) is 12.1 Å². The number of hydrogen-bond donors (Lipinski definition) is 3. The van der Waals surface area contributed by atoms with Crippen molar-refractivity contribution in [3.05, 3.63) is 35.6 Å². The van der Waals surface area contributed by atoms with E-state index < -0.39 is 12.0 Å². The van der Waals surface area contributed by atoms with Gasteiger partial charge in [0.05, 0.1) is 6.54 Å². The second kappa shape index (κ2) is 8.27. The lowest BCUT2D eigenvalue weighted by atomic mass is 10.1. The summed E-state index contributed by atoms with van der Waals surface area (Å²) in [4.78, 5) is 22.5. The van der Waals surface area contributed by atoms with Gasteiger partial charge in [0.15, 0.2) is 0 Å². The fourth-order valence-corrected chi connectivity index (χ4v) is 1.68. The molecule has 0 aliphatic rings. The zero-order valence-corrected chi connectivity index (χ0v) is 11.4. The molecule has 0 aliphatic carbocycles. The number of carbonyl (C=O) groups is 2. The number of halogens is 1. The third kappa shape index (κ3) is 5.79. The number of hydrogen-bond acceptors (Lipinski definition) is 3. The average molecular weight is 282 g/mol. The Morgan fingerprint density at radius 3 is 2.50 bits per heavy atom. The van der Waals surface area contributed by atoms with E-state index in [2.05, 4.69) is 10.6 Å². The SMILES string of the molecule is CCCC(NCC(=O)NCc1ccc(F)cc1)C(=O)O. The van der Waals surface area contributed by atoms with E-state index in [9.17, 15) is 14.0 Å². The third-order valence-electron chi connectivity index (χ3n) is 2.79. The number of nitrogens with one attached hydrogen (secondary N) is 2. The summed E-state index contributed by atoms with van der Waals surface area (Å²) in [6, 6.07) is 5.10. The molecule has 0 heterocycles. The molecule has 1 rings (SSSR count). The van der Waals surface area contributed by atoms with Crippen molar-refractivity contribution in [2.75, 3.05) is 6.54 Å². The van der Waals surface area contributed by atoms with E-state index in [4.69, 9.17) is 5.11 Å². The first-order valence-corrected chi connectivity index (χ1v) is 6.50. The molecule has 110 valence electrons. The molecule has 0 aliphatic heterocycles. The molecule has 1 aromatic carbocycles. The quantitative estimate of drug-likeness (QED) is 0.671. The molecule has 5 nitrogen and oxygen atoms in total. The number of amides is 1. The lowest BCUT2D eigenvalue weighted by molar-refractivity contribution is -0.139. The van der Waals surface area contributed by atoms with E-state index >= 15 is 0 Å². The Morgan fingerprint density at radius 1 is 1.30 bits per heavy atom. The van der Waals surface area contributed by atoms with Gasteiger partial charge in [-0.15, -0.1) is 0 Å². The highest BCUT2D eigenvalue weighted by Gasteiger charge is 2.16. The van der Waals surface area contributed by atoms with Crippen LogP contribution in [0.5, 0.6) is 0 Å². The maximum absolute atomic E-state index is 12.7. The Morgan fingerprint density at radius 2 is 1.95 bits per heavy atom. The molecule has 6 heteroatoms. The molecule has 0 saturated heterocycles. The summed E-state index contributed by atoms with van der Waals surface area (Å²) < 4.78 is 12.7. The minimum absolute atomic E-state index is 0.0574. The van der Waals surface area contributed by atoms with E-state index in [0.29, 0.717) is 6.42 Å². The van der Waals surface area contributed by atoms with Gasteiger partial charge in [0, 0.05) is 6.54 Å². The monoisotopic (exact) mass is 282 g/mol. The molecule has 1 amide bonds. The first-order valence-electron chi connectivity index (χ1n) is 6.50. The van der Waals surface area contributed by atoms with Crippen molar-refractivity contribution >= 4 is 11.9 Å². The Hall–Kier alpha value is -1.95. The van der Waals surface area contributed by atoms with Crippen molar-refractivity contribution in [3.63, 3.8) is 0 Å². The van der Waals surface area contributed by atoms with Gasteiger partial charge < -0.3 is 10.4 Å². The summed E-state index contributed by atoms with van der Waals surface area (Å²) in [5.74, 6) is -1.58. The van der Waals surface area contributed by atoms with Crippen molar-refractivity contribution in [2.45, 2.75) is 32.4 Å². The van der Waals surface area contributed by atoms with Crippen LogP contribution in [0.15, 0.2) is 24.3 Å². The Kier molecular flexibility index (Phi) is 6.66. The average Bonchev–Trinajstić information content (AvgIpc) is 2.42. The topological polar surface area (TPSA) is 78.4 Å². The largest absolute Gasteiger partial charge is 0.480 e. The molecule has 0 aromatic heterocycles. The minimum Gasteiger partial charge on any atom is -0.480 e. The zero-order valence-electron chi connectivity index (χ0n) is 11.4.